The van der Waals surface area contributed by atoms with Crippen LogP contribution in [0.25, 0.3) is 0 Å². The molecule has 0 radical (unpaired) electrons. The summed E-state index contributed by atoms with van der Waals surface area (Å²) in [6.07, 6.45) is 0.877. The molecule has 2 aromatic carbocycles. The predicted molar refractivity (Wildman–Crippen MR) is 133 cm³/mol. The highest BCUT2D eigenvalue weighted by atomic mass is 35.5. The molecular formula is C26H23Cl2N3O4. The number of halogens is 2. The SMILES string of the molecule is CC1(C)CC(=O)C2=C(C1)OC(N)=C(C#N)C2c1cccc(OCC(=O)Nc2ccc(Cl)cc2Cl)c1. The molecular weight excluding hydrogens is 489 g/mol. The zero-order valence-corrected chi connectivity index (χ0v) is 20.7. The summed E-state index contributed by atoms with van der Waals surface area (Å²) in [5, 5.41) is 13.2. The summed E-state index contributed by atoms with van der Waals surface area (Å²) in [5.74, 6) is -0.273. The number of anilines is 1. The second kappa shape index (κ2) is 9.65. The van der Waals surface area contributed by atoms with Crippen molar-refractivity contribution in [1.29, 1.82) is 5.26 Å². The van der Waals surface area contributed by atoms with Crippen LogP contribution in [0.2, 0.25) is 10.0 Å². The van der Waals surface area contributed by atoms with E-state index < -0.39 is 11.8 Å². The molecule has 1 aliphatic carbocycles. The predicted octanol–water partition coefficient (Wildman–Crippen LogP) is 5.46. The molecule has 1 unspecified atom stereocenters. The Bertz CT molecular complexity index is 1320. The number of hydrogen-bond donors (Lipinski definition) is 2. The van der Waals surface area contributed by atoms with Gasteiger partial charge in [0.25, 0.3) is 5.91 Å². The van der Waals surface area contributed by atoms with E-state index in [1.165, 1.54) is 6.07 Å². The molecule has 2 aliphatic rings. The van der Waals surface area contributed by atoms with Gasteiger partial charge in [-0.1, -0.05) is 49.2 Å². The molecule has 3 N–H and O–H groups in total. The number of hydrogen-bond acceptors (Lipinski definition) is 6. The lowest BCUT2D eigenvalue weighted by Gasteiger charge is -2.37. The van der Waals surface area contributed by atoms with Crippen molar-refractivity contribution in [3.8, 4) is 11.8 Å². The van der Waals surface area contributed by atoms with Gasteiger partial charge in [-0.3, -0.25) is 9.59 Å². The van der Waals surface area contributed by atoms with E-state index in [-0.39, 0.29) is 29.3 Å². The maximum Gasteiger partial charge on any atom is 0.262 e. The lowest BCUT2D eigenvalue weighted by Crippen LogP contribution is -2.33. The topological polar surface area (TPSA) is 114 Å². The van der Waals surface area contributed by atoms with Crippen LogP contribution in [0.1, 0.15) is 38.2 Å². The van der Waals surface area contributed by atoms with Crippen LogP contribution in [0.5, 0.6) is 5.75 Å². The summed E-state index contributed by atoms with van der Waals surface area (Å²) in [6.45, 7) is 3.70. The Kier molecular flexibility index (Phi) is 6.79. The molecule has 7 nitrogen and oxygen atoms in total. The Balaban J connectivity index is 1.56. The molecule has 1 atom stereocenters. The minimum atomic E-state index is -0.669. The normalized spacial score (nSPS) is 18.9. The molecule has 0 spiro atoms. The van der Waals surface area contributed by atoms with Crippen molar-refractivity contribution in [1.82, 2.24) is 0 Å². The van der Waals surface area contributed by atoms with E-state index in [1.807, 2.05) is 13.8 Å². The first-order valence-corrected chi connectivity index (χ1v) is 11.6. The fourth-order valence-electron chi connectivity index (χ4n) is 4.33. The molecule has 1 aliphatic heterocycles. The average Bonchev–Trinajstić information content (AvgIpc) is 2.78. The van der Waals surface area contributed by atoms with Crippen molar-refractivity contribution >= 4 is 40.6 Å². The van der Waals surface area contributed by atoms with Gasteiger partial charge in [0.2, 0.25) is 5.88 Å². The number of Topliss-reactive ketones (excluding diaryl/α,β-unsaturated/α-hetero) is 1. The van der Waals surface area contributed by atoms with Gasteiger partial charge < -0.3 is 20.5 Å². The van der Waals surface area contributed by atoms with Gasteiger partial charge in [0.05, 0.1) is 16.6 Å². The lowest BCUT2D eigenvalue weighted by atomic mass is 9.70. The van der Waals surface area contributed by atoms with E-state index in [0.717, 1.165) is 0 Å². The van der Waals surface area contributed by atoms with Crippen LogP contribution in [0, 0.1) is 16.7 Å². The zero-order valence-electron chi connectivity index (χ0n) is 19.2. The summed E-state index contributed by atoms with van der Waals surface area (Å²) < 4.78 is 11.4. The maximum absolute atomic E-state index is 13.1. The third-order valence-electron chi connectivity index (χ3n) is 5.84. The number of nitrogens with zero attached hydrogens (tertiary/aromatic N) is 1. The maximum atomic E-state index is 13.1. The molecule has 0 saturated heterocycles. The average molecular weight is 512 g/mol. The molecule has 9 heteroatoms. The minimum Gasteiger partial charge on any atom is -0.484 e. The first-order chi connectivity index (χ1) is 16.6. The van der Waals surface area contributed by atoms with Crippen molar-refractivity contribution in [3.05, 3.63) is 80.9 Å². The van der Waals surface area contributed by atoms with Gasteiger partial charge in [-0.2, -0.15) is 5.26 Å². The van der Waals surface area contributed by atoms with E-state index in [1.54, 1.807) is 36.4 Å². The molecule has 1 heterocycles. The third kappa shape index (κ3) is 5.29. The Hall–Kier alpha value is -3.47. The molecule has 0 bridgehead atoms. The quantitative estimate of drug-likeness (QED) is 0.550. The summed E-state index contributed by atoms with van der Waals surface area (Å²) in [7, 11) is 0. The number of benzene rings is 2. The van der Waals surface area contributed by atoms with Gasteiger partial charge in [0.1, 0.15) is 23.2 Å². The first-order valence-electron chi connectivity index (χ1n) is 10.9. The molecule has 180 valence electrons. The van der Waals surface area contributed by atoms with Crippen molar-refractivity contribution < 1.29 is 19.1 Å². The Morgan fingerprint density at radius 3 is 2.74 bits per heavy atom. The third-order valence-corrected chi connectivity index (χ3v) is 6.39. The number of amides is 1. The molecule has 2 aromatic rings. The number of nitrogens with one attached hydrogen (secondary N) is 1. The number of carbonyl (C=O) groups is 2. The summed E-state index contributed by atoms with van der Waals surface area (Å²) >= 11 is 12.0. The van der Waals surface area contributed by atoms with E-state index in [9.17, 15) is 14.9 Å². The fourth-order valence-corrected chi connectivity index (χ4v) is 4.78. The van der Waals surface area contributed by atoms with Crippen LogP contribution in [-0.2, 0) is 14.3 Å². The van der Waals surface area contributed by atoms with Crippen LogP contribution in [0.3, 0.4) is 0 Å². The standard InChI is InChI=1S/C26H23Cl2N3O4/c1-26(2)10-20(32)24-21(11-26)35-25(30)17(12-29)23(24)14-4-3-5-16(8-14)34-13-22(33)31-19-7-6-15(27)9-18(19)28/h3-9,23H,10-11,13,30H2,1-2H3,(H,31,33). The molecule has 0 aromatic heterocycles. The Labute approximate surface area is 213 Å². The number of ether oxygens (including phenoxy) is 2. The minimum absolute atomic E-state index is 0.00714. The second-order valence-corrected chi connectivity index (χ2v) is 10.1. The molecule has 1 amide bonds. The van der Waals surface area contributed by atoms with Crippen molar-refractivity contribution in [2.75, 3.05) is 11.9 Å². The summed E-state index contributed by atoms with van der Waals surface area (Å²) in [6, 6.07) is 13.7. The summed E-state index contributed by atoms with van der Waals surface area (Å²) in [5.41, 5.74) is 7.49. The number of ketones is 1. The lowest BCUT2D eigenvalue weighted by molar-refractivity contribution is -0.119. The number of rotatable bonds is 5. The van der Waals surface area contributed by atoms with Crippen LogP contribution >= 0.6 is 23.2 Å². The first kappa shape index (κ1) is 24.6. The Morgan fingerprint density at radius 1 is 1.26 bits per heavy atom. The monoisotopic (exact) mass is 511 g/mol. The van der Waals surface area contributed by atoms with Gasteiger partial charge >= 0.3 is 0 Å². The Morgan fingerprint density at radius 2 is 2.03 bits per heavy atom. The van der Waals surface area contributed by atoms with Gasteiger partial charge in [0.15, 0.2) is 12.4 Å². The number of nitriles is 1. The molecule has 4 rings (SSSR count). The van der Waals surface area contributed by atoms with Crippen molar-refractivity contribution in [3.63, 3.8) is 0 Å². The van der Waals surface area contributed by atoms with E-state index in [0.29, 0.717) is 51.2 Å². The second-order valence-electron chi connectivity index (χ2n) is 9.24. The molecule has 0 saturated carbocycles. The van der Waals surface area contributed by atoms with Gasteiger partial charge in [-0.25, -0.2) is 0 Å². The highest BCUT2D eigenvalue weighted by Gasteiger charge is 2.43. The number of allylic oxidation sites excluding steroid dienone is 3. The van der Waals surface area contributed by atoms with Gasteiger partial charge in [-0.15, -0.1) is 0 Å². The van der Waals surface area contributed by atoms with Gasteiger partial charge in [0, 0.05) is 23.4 Å². The van der Waals surface area contributed by atoms with Crippen molar-refractivity contribution in [2.45, 2.75) is 32.6 Å². The molecule has 35 heavy (non-hydrogen) atoms. The smallest absolute Gasteiger partial charge is 0.262 e. The zero-order chi connectivity index (χ0) is 25.3. The van der Waals surface area contributed by atoms with Crippen LogP contribution in [0.4, 0.5) is 5.69 Å². The number of carbonyl (C=O) groups excluding carboxylic acids is 2. The molecule has 0 fully saturated rings. The van der Waals surface area contributed by atoms with Crippen LogP contribution in [-0.4, -0.2) is 18.3 Å². The van der Waals surface area contributed by atoms with Gasteiger partial charge in [-0.05, 0) is 41.3 Å². The van der Waals surface area contributed by atoms with E-state index in [2.05, 4.69) is 11.4 Å². The van der Waals surface area contributed by atoms with E-state index in [4.69, 9.17) is 38.4 Å². The highest BCUT2D eigenvalue weighted by Crippen LogP contribution is 2.48. The highest BCUT2D eigenvalue weighted by molar-refractivity contribution is 6.36. The largest absolute Gasteiger partial charge is 0.484 e. The number of nitrogens with two attached hydrogens (primary N) is 1. The fraction of sp³-hybridized carbons (Fsp3) is 0.269. The van der Waals surface area contributed by atoms with E-state index >= 15 is 0 Å². The van der Waals surface area contributed by atoms with Crippen LogP contribution in [0.15, 0.2) is 65.3 Å². The van der Waals surface area contributed by atoms with Crippen molar-refractivity contribution in [2.24, 2.45) is 11.1 Å². The van der Waals surface area contributed by atoms with Crippen LogP contribution < -0.4 is 15.8 Å². The summed E-state index contributed by atoms with van der Waals surface area (Å²) in [4.78, 5) is 25.5.